The van der Waals surface area contributed by atoms with E-state index >= 15 is 0 Å². The zero-order valence-electron chi connectivity index (χ0n) is 12.1. The van der Waals surface area contributed by atoms with Crippen molar-refractivity contribution in [2.45, 2.75) is 12.1 Å². The molecule has 3 aromatic rings. The lowest BCUT2D eigenvalue weighted by Crippen LogP contribution is -2.31. The van der Waals surface area contributed by atoms with Crippen molar-refractivity contribution in [3.8, 4) is 11.1 Å². The molecule has 0 saturated carbocycles. The Bertz CT molecular complexity index is 758. The van der Waals surface area contributed by atoms with Gasteiger partial charge in [-0.25, -0.2) is 8.91 Å². The zero-order chi connectivity index (χ0) is 15.5. The molecule has 2 unspecified atom stereocenters. The van der Waals surface area contributed by atoms with E-state index in [0.717, 1.165) is 16.7 Å². The summed E-state index contributed by atoms with van der Waals surface area (Å²) >= 11 is 0. The maximum absolute atomic E-state index is 12.7. The van der Waals surface area contributed by atoms with Crippen molar-refractivity contribution >= 4 is 5.65 Å². The van der Waals surface area contributed by atoms with E-state index in [4.69, 9.17) is 10.5 Å². The van der Waals surface area contributed by atoms with E-state index in [1.807, 2.05) is 36.4 Å². The Morgan fingerprint density at radius 3 is 2.68 bits per heavy atom. The number of alkyl halides is 1. The number of hydrogen-bond donors (Lipinski definition) is 1. The Kier molecular flexibility index (Phi) is 4.08. The number of halogens is 1. The number of hydrogen-bond acceptors (Lipinski definition) is 5. The van der Waals surface area contributed by atoms with Crippen molar-refractivity contribution in [3.05, 3.63) is 48.2 Å². The molecule has 0 aliphatic rings. The average Bonchev–Trinajstić information content (AvgIpc) is 3.03. The van der Waals surface area contributed by atoms with E-state index in [9.17, 15) is 4.39 Å². The van der Waals surface area contributed by atoms with Gasteiger partial charge in [-0.1, -0.05) is 24.3 Å². The molecule has 0 saturated heterocycles. The Balaban J connectivity index is 1.89. The number of nitrogens with two attached hydrogens (primary N) is 1. The fourth-order valence-electron chi connectivity index (χ4n) is 2.42. The molecule has 2 atom stereocenters. The van der Waals surface area contributed by atoms with Crippen LogP contribution in [0.5, 0.6) is 0 Å². The highest BCUT2D eigenvalue weighted by Gasteiger charge is 2.19. The monoisotopic (exact) mass is 301 g/mol. The number of aromatic nitrogens is 4. The van der Waals surface area contributed by atoms with E-state index in [0.29, 0.717) is 5.65 Å². The maximum atomic E-state index is 12.7. The molecule has 0 aliphatic carbocycles. The highest BCUT2D eigenvalue weighted by atomic mass is 19.1. The highest BCUT2D eigenvalue weighted by Crippen LogP contribution is 2.25. The molecule has 0 aliphatic heterocycles. The summed E-state index contributed by atoms with van der Waals surface area (Å²) in [6, 6.07) is 10.8. The second-order valence-corrected chi connectivity index (χ2v) is 4.99. The van der Waals surface area contributed by atoms with Crippen LogP contribution in [0.25, 0.3) is 16.8 Å². The molecule has 0 spiro atoms. The molecule has 1 aromatic carbocycles. The van der Waals surface area contributed by atoms with E-state index in [1.54, 1.807) is 10.7 Å². The van der Waals surface area contributed by atoms with Crippen molar-refractivity contribution < 1.29 is 9.13 Å². The van der Waals surface area contributed by atoms with E-state index in [2.05, 4.69) is 15.5 Å². The number of fused-ring (bicyclic) bond motifs is 1. The predicted molar refractivity (Wildman–Crippen MR) is 79.9 cm³/mol. The van der Waals surface area contributed by atoms with Crippen LogP contribution in [0.15, 0.2) is 42.6 Å². The third-order valence-corrected chi connectivity index (χ3v) is 3.59. The average molecular weight is 301 g/mol. The Labute approximate surface area is 126 Å². The summed E-state index contributed by atoms with van der Waals surface area (Å²) in [6.45, 7) is -0.628. The van der Waals surface area contributed by atoms with Crippen molar-refractivity contribution in [1.29, 1.82) is 0 Å². The van der Waals surface area contributed by atoms with Gasteiger partial charge in [-0.2, -0.15) is 0 Å². The van der Waals surface area contributed by atoms with Gasteiger partial charge in [-0.15, -0.1) is 5.10 Å². The van der Waals surface area contributed by atoms with Crippen molar-refractivity contribution in [2.24, 2.45) is 5.73 Å². The number of nitrogens with zero attached hydrogens (tertiary/aromatic N) is 4. The minimum absolute atomic E-state index is 0.456. The molecule has 0 radical (unpaired) electrons. The predicted octanol–water partition coefficient (Wildman–Crippen LogP) is 1.78. The van der Waals surface area contributed by atoms with E-state index in [-0.39, 0.29) is 0 Å². The lowest BCUT2D eigenvalue weighted by molar-refractivity contribution is 0.0721. The van der Waals surface area contributed by atoms with Gasteiger partial charge in [0, 0.05) is 13.3 Å². The highest BCUT2D eigenvalue weighted by molar-refractivity contribution is 5.67. The maximum Gasteiger partial charge on any atom is 0.179 e. The van der Waals surface area contributed by atoms with Crippen LogP contribution >= 0.6 is 0 Å². The first kappa shape index (κ1) is 14.6. The third-order valence-electron chi connectivity index (χ3n) is 3.59. The molecule has 6 nitrogen and oxygen atoms in total. The fourth-order valence-corrected chi connectivity index (χ4v) is 2.42. The summed E-state index contributed by atoms with van der Waals surface area (Å²) in [7, 11) is 1.53. The molecular formula is C15H16FN5O. The van der Waals surface area contributed by atoms with Gasteiger partial charge in [0.2, 0.25) is 0 Å². The SMILES string of the molecule is COC(c1ccc(-c2ccn3nnnc3c2)cc1)C(N)CF. The molecule has 0 fully saturated rings. The molecule has 7 heteroatoms. The standard InChI is InChI=1S/C15H16FN5O/c1-22-15(13(17)9-16)11-4-2-10(3-5-11)12-6-7-21-14(8-12)18-19-20-21/h2-8,13,15H,9,17H2,1H3. The van der Waals surface area contributed by atoms with Crippen LogP contribution in [0, 0.1) is 0 Å². The first-order valence-corrected chi connectivity index (χ1v) is 6.85. The largest absolute Gasteiger partial charge is 0.375 e. The van der Waals surface area contributed by atoms with Crippen LogP contribution in [0.4, 0.5) is 4.39 Å². The van der Waals surface area contributed by atoms with Gasteiger partial charge in [-0.3, -0.25) is 0 Å². The van der Waals surface area contributed by atoms with Gasteiger partial charge >= 0.3 is 0 Å². The first-order valence-electron chi connectivity index (χ1n) is 6.85. The van der Waals surface area contributed by atoms with Crippen molar-refractivity contribution in [1.82, 2.24) is 20.0 Å². The molecule has 0 amide bonds. The second kappa shape index (κ2) is 6.17. The van der Waals surface area contributed by atoms with Crippen LogP contribution < -0.4 is 5.73 Å². The zero-order valence-corrected chi connectivity index (χ0v) is 12.1. The quantitative estimate of drug-likeness (QED) is 0.777. The number of rotatable bonds is 5. The van der Waals surface area contributed by atoms with Gasteiger partial charge in [0.05, 0.1) is 12.1 Å². The van der Waals surface area contributed by atoms with Gasteiger partial charge in [0.1, 0.15) is 6.67 Å². The van der Waals surface area contributed by atoms with Crippen LogP contribution in [0.3, 0.4) is 0 Å². The molecule has 2 heterocycles. The molecule has 2 N–H and O–H groups in total. The smallest absolute Gasteiger partial charge is 0.179 e. The van der Waals surface area contributed by atoms with E-state index in [1.165, 1.54) is 7.11 Å². The van der Waals surface area contributed by atoms with Crippen LogP contribution in [-0.2, 0) is 4.74 Å². The number of benzene rings is 1. The van der Waals surface area contributed by atoms with Gasteiger partial charge in [0.15, 0.2) is 5.65 Å². The Hall–Kier alpha value is -2.38. The Morgan fingerprint density at radius 2 is 2.00 bits per heavy atom. The third kappa shape index (κ3) is 2.68. The molecular weight excluding hydrogens is 285 g/mol. The van der Waals surface area contributed by atoms with Crippen LogP contribution in [0.1, 0.15) is 11.7 Å². The van der Waals surface area contributed by atoms with Crippen LogP contribution in [-0.4, -0.2) is 39.9 Å². The normalized spacial score (nSPS) is 14.1. The fraction of sp³-hybridized carbons (Fsp3) is 0.267. The molecule has 22 heavy (non-hydrogen) atoms. The second-order valence-electron chi connectivity index (χ2n) is 4.99. The van der Waals surface area contributed by atoms with E-state index < -0.39 is 18.8 Å². The Morgan fingerprint density at radius 1 is 1.23 bits per heavy atom. The van der Waals surface area contributed by atoms with Gasteiger partial charge in [0.25, 0.3) is 0 Å². The molecule has 114 valence electrons. The van der Waals surface area contributed by atoms with Gasteiger partial charge < -0.3 is 10.5 Å². The number of tetrazole rings is 1. The summed E-state index contributed by atoms with van der Waals surface area (Å²) < 4.78 is 19.6. The topological polar surface area (TPSA) is 78.3 Å². The number of methoxy groups -OCH3 is 1. The minimum atomic E-state index is -0.672. The molecule has 2 aromatic heterocycles. The lowest BCUT2D eigenvalue weighted by Gasteiger charge is -2.20. The number of pyridine rings is 1. The minimum Gasteiger partial charge on any atom is -0.375 e. The summed E-state index contributed by atoms with van der Waals surface area (Å²) in [4.78, 5) is 0. The van der Waals surface area contributed by atoms with Crippen LogP contribution in [0.2, 0.25) is 0 Å². The summed E-state index contributed by atoms with van der Waals surface area (Å²) in [5, 5.41) is 11.4. The molecule has 0 bridgehead atoms. The molecule has 3 rings (SSSR count). The lowest BCUT2D eigenvalue weighted by atomic mass is 9.99. The summed E-state index contributed by atoms with van der Waals surface area (Å²) in [5.41, 5.74) is 9.27. The number of ether oxygens (including phenoxy) is 1. The first-order chi connectivity index (χ1) is 10.7. The summed E-state index contributed by atoms with van der Waals surface area (Å²) in [5.74, 6) is 0. The van der Waals surface area contributed by atoms with Crippen molar-refractivity contribution in [2.75, 3.05) is 13.8 Å². The summed E-state index contributed by atoms with van der Waals surface area (Å²) in [6.07, 6.45) is 1.34. The van der Waals surface area contributed by atoms with Crippen molar-refractivity contribution in [3.63, 3.8) is 0 Å². The van der Waals surface area contributed by atoms with Gasteiger partial charge in [-0.05, 0) is 39.2 Å².